The summed E-state index contributed by atoms with van der Waals surface area (Å²) in [5, 5.41) is 18.8. The lowest BCUT2D eigenvalue weighted by atomic mass is 9.51. The molecule has 0 aliphatic heterocycles. The molecule has 0 saturated heterocycles. The molecular weight excluding hydrogens is 242 g/mol. The second kappa shape index (κ2) is 3.74. The average molecular weight is 259 g/mol. The van der Waals surface area contributed by atoms with Crippen molar-refractivity contribution in [3.63, 3.8) is 0 Å². The molecule has 2 nitrogen and oxygen atoms in total. The highest BCUT2D eigenvalue weighted by atomic mass is 32.1. The van der Waals surface area contributed by atoms with Crippen LogP contribution < -0.4 is 0 Å². The molecule has 4 bridgehead atoms. The van der Waals surface area contributed by atoms with Gasteiger partial charge >= 0.3 is 0 Å². The first-order valence-corrected chi connectivity index (χ1v) is 7.79. The summed E-state index contributed by atoms with van der Waals surface area (Å²) in [6.07, 6.45) is 7.02. The lowest BCUT2D eigenvalue weighted by Gasteiger charge is -2.54. The van der Waals surface area contributed by atoms with Crippen molar-refractivity contribution in [1.29, 1.82) is 5.26 Å². The Bertz CT molecular complexity index is 499. The molecule has 5 rings (SSSR count). The third-order valence-corrected chi connectivity index (χ3v) is 6.52. The van der Waals surface area contributed by atoms with Crippen molar-refractivity contribution in [3.05, 3.63) is 15.8 Å². The van der Waals surface area contributed by atoms with Gasteiger partial charge in [-0.15, -0.1) is 11.3 Å². The fourth-order valence-electron chi connectivity index (χ4n) is 5.03. The van der Waals surface area contributed by atoms with Crippen LogP contribution in [0.4, 0.5) is 0 Å². The summed E-state index contributed by atoms with van der Waals surface area (Å²) in [5.41, 5.74) is 0. The highest BCUT2D eigenvalue weighted by Gasteiger charge is 2.49. The van der Waals surface area contributed by atoms with E-state index in [2.05, 4.69) is 6.07 Å². The van der Waals surface area contributed by atoms with Crippen LogP contribution in [0.3, 0.4) is 0 Å². The Balaban J connectivity index is 1.70. The van der Waals surface area contributed by atoms with Gasteiger partial charge in [0, 0.05) is 4.88 Å². The Kier molecular flexibility index (Phi) is 2.26. The molecule has 18 heavy (non-hydrogen) atoms. The van der Waals surface area contributed by atoms with Crippen LogP contribution in [0, 0.1) is 35.0 Å². The quantitative estimate of drug-likeness (QED) is 0.832. The van der Waals surface area contributed by atoms with Gasteiger partial charge in [-0.1, -0.05) is 0 Å². The fourth-order valence-corrected chi connectivity index (χ4v) is 6.17. The highest BCUT2D eigenvalue weighted by Crippen LogP contribution is 2.60. The summed E-state index contributed by atoms with van der Waals surface area (Å²) >= 11 is 1.53. The van der Waals surface area contributed by atoms with Crippen molar-refractivity contribution in [2.45, 2.75) is 38.0 Å². The molecule has 0 radical (unpaired) electrons. The molecule has 94 valence electrons. The van der Waals surface area contributed by atoms with Crippen molar-refractivity contribution in [2.24, 2.45) is 23.7 Å². The van der Waals surface area contributed by atoms with E-state index in [4.69, 9.17) is 5.26 Å². The number of nitriles is 1. The van der Waals surface area contributed by atoms with Gasteiger partial charge in [-0.25, -0.2) is 0 Å². The SMILES string of the molecule is N#Cc1sc(C2C3CC4CC(C3)CC2C4)cc1O. The zero-order valence-corrected chi connectivity index (χ0v) is 11.1. The lowest BCUT2D eigenvalue weighted by molar-refractivity contribution is -0.00163. The van der Waals surface area contributed by atoms with Crippen LogP contribution in [0.5, 0.6) is 5.75 Å². The van der Waals surface area contributed by atoms with Crippen molar-refractivity contribution < 1.29 is 5.11 Å². The first kappa shape index (κ1) is 10.9. The molecule has 4 aliphatic rings. The number of thiophene rings is 1. The Hall–Kier alpha value is -1.01. The Labute approximate surface area is 111 Å². The molecule has 0 unspecified atom stereocenters. The number of aromatic hydroxyl groups is 1. The van der Waals surface area contributed by atoms with Gasteiger partial charge in [0.25, 0.3) is 0 Å². The summed E-state index contributed by atoms with van der Waals surface area (Å²) < 4.78 is 0. The summed E-state index contributed by atoms with van der Waals surface area (Å²) in [7, 11) is 0. The normalized spacial score (nSPS) is 40.9. The summed E-state index contributed by atoms with van der Waals surface area (Å²) in [4.78, 5) is 1.77. The number of hydrogen-bond donors (Lipinski definition) is 1. The van der Waals surface area contributed by atoms with Crippen molar-refractivity contribution in [3.8, 4) is 11.8 Å². The third kappa shape index (κ3) is 1.45. The molecular formula is C15H17NOS. The van der Waals surface area contributed by atoms with Crippen molar-refractivity contribution in [1.82, 2.24) is 0 Å². The largest absolute Gasteiger partial charge is 0.506 e. The van der Waals surface area contributed by atoms with Gasteiger partial charge in [-0.2, -0.15) is 5.26 Å². The van der Waals surface area contributed by atoms with Crippen molar-refractivity contribution in [2.75, 3.05) is 0 Å². The van der Waals surface area contributed by atoms with E-state index < -0.39 is 0 Å². The van der Waals surface area contributed by atoms with Crippen LogP contribution >= 0.6 is 11.3 Å². The Morgan fingerprint density at radius 2 is 1.72 bits per heavy atom. The first-order valence-electron chi connectivity index (χ1n) is 6.97. The number of nitrogens with zero attached hydrogens (tertiary/aromatic N) is 1. The molecule has 1 aromatic rings. The molecule has 0 amide bonds. The molecule has 4 aliphatic carbocycles. The zero-order chi connectivity index (χ0) is 12.3. The monoisotopic (exact) mass is 259 g/mol. The fraction of sp³-hybridized carbons (Fsp3) is 0.667. The van der Waals surface area contributed by atoms with Crippen LogP contribution in [0.2, 0.25) is 0 Å². The van der Waals surface area contributed by atoms with Gasteiger partial charge < -0.3 is 5.11 Å². The van der Waals surface area contributed by atoms with E-state index in [1.807, 2.05) is 6.07 Å². The van der Waals surface area contributed by atoms with Crippen LogP contribution in [0.15, 0.2) is 6.07 Å². The summed E-state index contributed by atoms with van der Waals surface area (Å²) in [6.45, 7) is 0. The second-order valence-corrected chi connectivity index (χ2v) is 7.52. The molecule has 4 fully saturated rings. The molecule has 4 saturated carbocycles. The lowest BCUT2D eigenvalue weighted by Crippen LogP contribution is -2.43. The van der Waals surface area contributed by atoms with E-state index in [0.717, 1.165) is 23.7 Å². The van der Waals surface area contributed by atoms with Gasteiger partial charge in [-0.3, -0.25) is 0 Å². The van der Waals surface area contributed by atoms with Crippen LogP contribution in [0.1, 0.15) is 47.8 Å². The molecule has 1 heterocycles. The smallest absolute Gasteiger partial charge is 0.146 e. The number of rotatable bonds is 1. The second-order valence-electron chi connectivity index (χ2n) is 6.43. The minimum Gasteiger partial charge on any atom is -0.506 e. The standard InChI is InChI=1S/C15H17NOS/c16-7-14-12(17)6-13(18-14)15-10-2-8-1-9(4-10)5-11(15)3-8/h6,8-11,15,17H,1-5H2. The van der Waals surface area contributed by atoms with E-state index >= 15 is 0 Å². The van der Waals surface area contributed by atoms with Crippen LogP contribution in [-0.2, 0) is 0 Å². The van der Waals surface area contributed by atoms with E-state index in [0.29, 0.717) is 10.8 Å². The predicted octanol–water partition coefficient (Wildman–Crippen LogP) is 3.87. The van der Waals surface area contributed by atoms with E-state index in [9.17, 15) is 5.11 Å². The Morgan fingerprint density at radius 1 is 1.11 bits per heavy atom. The maximum Gasteiger partial charge on any atom is 0.146 e. The molecule has 0 atom stereocenters. The maximum absolute atomic E-state index is 9.77. The van der Waals surface area contributed by atoms with Gasteiger partial charge in [0.1, 0.15) is 16.7 Å². The zero-order valence-electron chi connectivity index (χ0n) is 10.3. The first-order chi connectivity index (χ1) is 8.74. The maximum atomic E-state index is 9.77. The topological polar surface area (TPSA) is 44.0 Å². The van der Waals surface area contributed by atoms with Crippen LogP contribution in [0.25, 0.3) is 0 Å². The van der Waals surface area contributed by atoms with E-state index in [1.54, 1.807) is 0 Å². The van der Waals surface area contributed by atoms with Crippen LogP contribution in [-0.4, -0.2) is 5.11 Å². The number of hydrogen-bond acceptors (Lipinski definition) is 3. The summed E-state index contributed by atoms with van der Waals surface area (Å²) in [5.74, 6) is 4.44. The highest BCUT2D eigenvalue weighted by molar-refractivity contribution is 7.13. The minimum atomic E-state index is 0.200. The third-order valence-electron chi connectivity index (χ3n) is 5.39. The van der Waals surface area contributed by atoms with Crippen molar-refractivity contribution >= 4 is 11.3 Å². The Morgan fingerprint density at radius 3 is 2.22 bits per heavy atom. The predicted molar refractivity (Wildman–Crippen MR) is 70.5 cm³/mol. The molecule has 1 N–H and O–H groups in total. The van der Waals surface area contributed by atoms with Gasteiger partial charge in [-0.05, 0) is 67.8 Å². The van der Waals surface area contributed by atoms with Gasteiger partial charge in [0.2, 0.25) is 0 Å². The molecule has 1 aromatic heterocycles. The summed E-state index contributed by atoms with van der Waals surface area (Å²) in [6, 6.07) is 3.98. The van der Waals surface area contributed by atoms with E-state index in [-0.39, 0.29) is 5.75 Å². The molecule has 0 aromatic carbocycles. The molecule has 0 spiro atoms. The van der Waals surface area contributed by atoms with Gasteiger partial charge in [0.15, 0.2) is 0 Å². The molecule has 3 heteroatoms. The average Bonchev–Trinajstić information content (AvgIpc) is 2.69. The minimum absolute atomic E-state index is 0.200. The van der Waals surface area contributed by atoms with E-state index in [1.165, 1.54) is 48.3 Å². The van der Waals surface area contributed by atoms with Gasteiger partial charge in [0.05, 0.1) is 0 Å².